The summed E-state index contributed by atoms with van der Waals surface area (Å²) < 4.78 is 6.36. The minimum atomic E-state index is -1.08. The van der Waals surface area contributed by atoms with E-state index in [-0.39, 0.29) is 22.2 Å². The summed E-state index contributed by atoms with van der Waals surface area (Å²) in [5, 5.41) is 23.3. The van der Waals surface area contributed by atoms with Gasteiger partial charge in [-0.25, -0.2) is 4.98 Å². The monoisotopic (exact) mass is 549 g/mol. The van der Waals surface area contributed by atoms with Gasteiger partial charge in [0.15, 0.2) is 5.13 Å². The highest BCUT2D eigenvalue weighted by atomic mass is 35.5. The van der Waals surface area contributed by atoms with Gasteiger partial charge in [-0.3, -0.25) is 24.6 Å². The number of hydrogen-bond donors (Lipinski definition) is 1. The number of carbonyl (C=O) groups excluding carboxylic acids is 2. The molecule has 1 saturated heterocycles. The zero-order valence-electron chi connectivity index (χ0n) is 20.0. The van der Waals surface area contributed by atoms with E-state index in [4.69, 9.17) is 16.3 Å². The lowest BCUT2D eigenvalue weighted by Gasteiger charge is -2.23. The van der Waals surface area contributed by atoms with E-state index >= 15 is 0 Å². The van der Waals surface area contributed by atoms with E-state index in [0.29, 0.717) is 38.7 Å². The number of nitrogens with zero attached hydrogens (tertiary/aromatic N) is 3. The first-order chi connectivity index (χ1) is 18.3. The largest absolute Gasteiger partial charge is 0.507 e. The highest BCUT2D eigenvalue weighted by molar-refractivity contribution is 7.22. The van der Waals surface area contributed by atoms with Crippen molar-refractivity contribution in [2.24, 2.45) is 0 Å². The van der Waals surface area contributed by atoms with E-state index in [1.54, 1.807) is 42.5 Å². The molecule has 1 amide bonds. The second kappa shape index (κ2) is 10.2. The molecule has 0 radical (unpaired) electrons. The first-order valence-corrected chi connectivity index (χ1v) is 12.8. The van der Waals surface area contributed by atoms with Gasteiger partial charge in [0.2, 0.25) is 0 Å². The van der Waals surface area contributed by atoms with E-state index in [1.165, 1.54) is 40.5 Å². The summed E-state index contributed by atoms with van der Waals surface area (Å²) >= 11 is 7.29. The van der Waals surface area contributed by atoms with Crippen LogP contribution < -0.4 is 9.64 Å². The number of amides is 1. The topological polar surface area (TPSA) is 123 Å². The predicted molar refractivity (Wildman–Crippen MR) is 145 cm³/mol. The summed E-state index contributed by atoms with van der Waals surface area (Å²) in [5.41, 5.74) is 0.959. The van der Waals surface area contributed by atoms with Crippen LogP contribution in [0.4, 0.5) is 10.8 Å². The van der Waals surface area contributed by atoms with Gasteiger partial charge in [-0.15, -0.1) is 0 Å². The van der Waals surface area contributed by atoms with Crippen LogP contribution in [0.1, 0.15) is 30.5 Å². The van der Waals surface area contributed by atoms with E-state index < -0.39 is 22.7 Å². The van der Waals surface area contributed by atoms with Crippen LogP contribution in [-0.4, -0.2) is 33.3 Å². The average Bonchev–Trinajstić information content (AvgIpc) is 3.44. The molecule has 2 heterocycles. The van der Waals surface area contributed by atoms with E-state index in [2.05, 4.69) is 4.98 Å². The molecular weight excluding hydrogens is 530 g/mol. The molecule has 192 valence electrons. The molecule has 9 nitrogen and oxygen atoms in total. The molecule has 0 saturated carbocycles. The molecule has 1 atom stereocenters. The Morgan fingerprint density at radius 1 is 1.16 bits per heavy atom. The summed E-state index contributed by atoms with van der Waals surface area (Å²) in [6, 6.07) is 16.1. The van der Waals surface area contributed by atoms with Crippen molar-refractivity contribution in [3.63, 3.8) is 0 Å². The number of ketones is 1. The van der Waals surface area contributed by atoms with Gasteiger partial charge in [0.25, 0.3) is 11.5 Å². The molecule has 0 bridgehead atoms. The SMILES string of the molecule is CCCOc1cccc(/C(O)=C2\C(=O)C(=O)N(c3nc4ccc(Cl)cc4s3)C2c2ccc([N+](=O)[O-])cc2)c1. The van der Waals surface area contributed by atoms with Gasteiger partial charge in [0.05, 0.1) is 33.4 Å². The second-order valence-electron chi connectivity index (χ2n) is 8.50. The summed E-state index contributed by atoms with van der Waals surface area (Å²) in [5.74, 6) is -1.66. The van der Waals surface area contributed by atoms with Crippen molar-refractivity contribution in [2.45, 2.75) is 19.4 Å². The van der Waals surface area contributed by atoms with Gasteiger partial charge in [-0.1, -0.05) is 42.0 Å². The number of hydrogen-bond acceptors (Lipinski definition) is 8. The Kier molecular flexibility index (Phi) is 6.83. The Hall–Kier alpha value is -4.28. The summed E-state index contributed by atoms with van der Waals surface area (Å²) in [7, 11) is 0. The third kappa shape index (κ3) is 4.59. The fourth-order valence-corrected chi connectivity index (χ4v) is 5.49. The number of carbonyl (C=O) groups is 2. The number of nitro benzene ring substituents is 1. The fourth-order valence-electron chi connectivity index (χ4n) is 4.22. The molecule has 38 heavy (non-hydrogen) atoms. The average molecular weight is 550 g/mol. The number of nitro groups is 1. The van der Waals surface area contributed by atoms with Gasteiger partial charge in [-0.05, 0) is 54.4 Å². The van der Waals surface area contributed by atoms with Crippen molar-refractivity contribution < 1.29 is 24.4 Å². The van der Waals surface area contributed by atoms with Gasteiger partial charge >= 0.3 is 5.91 Å². The summed E-state index contributed by atoms with van der Waals surface area (Å²) in [6.07, 6.45) is 0.787. The number of ether oxygens (including phenoxy) is 1. The molecule has 1 aliphatic rings. The first kappa shape index (κ1) is 25.4. The Bertz CT molecular complexity index is 1610. The quantitative estimate of drug-likeness (QED) is 0.0946. The van der Waals surface area contributed by atoms with Crippen molar-refractivity contribution in [1.82, 2.24) is 4.98 Å². The number of halogens is 1. The van der Waals surface area contributed by atoms with Crippen LogP contribution in [0.3, 0.4) is 0 Å². The summed E-state index contributed by atoms with van der Waals surface area (Å²) in [6.45, 7) is 2.44. The number of non-ortho nitro benzene ring substituents is 1. The zero-order chi connectivity index (χ0) is 27.0. The maximum absolute atomic E-state index is 13.4. The molecule has 5 rings (SSSR count). The van der Waals surface area contributed by atoms with Crippen LogP contribution >= 0.6 is 22.9 Å². The van der Waals surface area contributed by atoms with Crippen molar-refractivity contribution in [2.75, 3.05) is 11.5 Å². The molecule has 1 unspecified atom stereocenters. The van der Waals surface area contributed by atoms with Gasteiger partial charge < -0.3 is 9.84 Å². The van der Waals surface area contributed by atoms with Crippen LogP contribution in [-0.2, 0) is 9.59 Å². The molecule has 1 aliphatic heterocycles. The van der Waals surface area contributed by atoms with Crippen LogP contribution in [0, 0.1) is 10.1 Å². The molecular formula is C27H20ClN3O6S. The van der Waals surface area contributed by atoms with Crippen molar-refractivity contribution >= 4 is 61.4 Å². The van der Waals surface area contributed by atoms with Gasteiger partial charge in [0.1, 0.15) is 11.5 Å². The number of aliphatic hydroxyl groups excluding tert-OH is 1. The van der Waals surface area contributed by atoms with E-state index in [1.807, 2.05) is 6.92 Å². The number of Topliss-reactive ketones (excluding diaryl/α,β-unsaturated/α-hetero) is 1. The Balaban J connectivity index is 1.68. The number of aliphatic hydroxyl groups is 1. The first-order valence-electron chi connectivity index (χ1n) is 11.6. The maximum atomic E-state index is 13.4. The second-order valence-corrected chi connectivity index (χ2v) is 9.95. The lowest BCUT2D eigenvalue weighted by molar-refractivity contribution is -0.384. The number of benzene rings is 3. The molecule has 11 heteroatoms. The van der Waals surface area contributed by atoms with Gasteiger partial charge in [0, 0.05) is 22.7 Å². The molecule has 1 aromatic heterocycles. The third-order valence-electron chi connectivity index (χ3n) is 5.99. The van der Waals surface area contributed by atoms with E-state index in [9.17, 15) is 24.8 Å². The van der Waals surface area contributed by atoms with Crippen LogP contribution in [0.5, 0.6) is 5.75 Å². The van der Waals surface area contributed by atoms with Crippen molar-refractivity contribution in [3.05, 3.63) is 98.6 Å². The number of rotatable bonds is 7. The number of anilines is 1. The van der Waals surface area contributed by atoms with Crippen LogP contribution in [0.15, 0.2) is 72.3 Å². The van der Waals surface area contributed by atoms with Crippen LogP contribution in [0.25, 0.3) is 16.0 Å². The maximum Gasteiger partial charge on any atom is 0.301 e. The van der Waals surface area contributed by atoms with Crippen molar-refractivity contribution in [1.29, 1.82) is 0 Å². The highest BCUT2D eigenvalue weighted by Crippen LogP contribution is 2.45. The Morgan fingerprint density at radius 2 is 1.92 bits per heavy atom. The lowest BCUT2D eigenvalue weighted by Crippen LogP contribution is -2.29. The lowest BCUT2D eigenvalue weighted by atomic mass is 9.95. The zero-order valence-corrected chi connectivity index (χ0v) is 21.5. The van der Waals surface area contributed by atoms with E-state index in [0.717, 1.165) is 6.42 Å². The highest BCUT2D eigenvalue weighted by Gasteiger charge is 2.48. The molecule has 1 fully saturated rings. The Labute approximate surface area is 225 Å². The normalized spacial score (nSPS) is 16.8. The van der Waals surface area contributed by atoms with Crippen LogP contribution in [0.2, 0.25) is 5.02 Å². The number of aromatic nitrogens is 1. The molecule has 3 aromatic carbocycles. The third-order valence-corrected chi connectivity index (χ3v) is 7.24. The fraction of sp³-hybridized carbons (Fsp3) is 0.148. The predicted octanol–water partition coefficient (Wildman–Crippen LogP) is 6.27. The van der Waals surface area contributed by atoms with Gasteiger partial charge in [-0.2, -0.15) is 0 Å². The molecule has 0 spiro atoms. The Morgan fingerprint density at radius 3 is 2.63 bits per heavy atom. The number of thiazole rings is 1. The van der Waals surface area contributed by atoms with Crippen molar-refractivity contribution in [3.8, 4) is 5.75 Å². The standard InChI is InChI=1S/C27H20ClN3O6S/c1-2-12-37-19-5-3-4-16(13-19)24(32)22-23(15-6-9-18(10-7-15)31(35)36)30(26(34)25(22)33)27-29-20-11-8-17(28)14-21(20)38-27/h3-11,13-14,23,32H,2,12H2,1H3/b24-22+. The summed E-state index contributed by atoms with van der Waals surface area (Å²) in [4.78, 5) is 43.2. The number of fused-ring (bicyclic) bond motifs is 1. The minimum Gasteiger partial charge on any atom is -0.507 e. The smallest absolute Gasteiger partial charge is 0.301 e. The molecule has 0 aliphatic carbocycles. The molecule has 1 N–H and O–H groups in total. The minimum absolute atomic E-state index is 0.152. The molecule has 4 aromatic rings.